The van der Waals surface area contributed by atoms with Crippen LogP contribution in [0.1, 0.15) is 34.5 Å². The molecule has 0 atom stereocenters. The van der Waals surface area contributed by atoms with E-state index in [9.17, 15) is 4.79 Å². The molecule has 1 amide bonds. The summed E-state index contributed by atoms with van der Waals surface area (Å²) in [6.45, 7) is 4.58. The maximum atomic E-state index is 12.1. The summed E-state index contributed by atoms with van der Waals surface area (Å²) >= 11 is 0. The maximum Gasteiger partial charge on any atom is 0.271 e. The van der Waals surface area contributed by atoms with Crippen molar-refractivity contribution in [2.45, 2.75) is 26.3 Å². The summed E-state index contributed by atoms with van der Waals surface area (Å²) in [5, 5.41) is 2.87. The van der Waals surface area contributed by atoms with Gasteiger partial charge in [0, 0.05) is 19.6 Å². The van der Waals surface area contributed by atoms with Gasteiger partial charge in [-0.25, -0.2) is 9.97 Å². The minimum Gasteiger partial charge on any atom is -0.355 e. The van der Waals surface area contributed by atoms with Gasteiger partial charge in [-0.1, -0.05) is 29.8 Å². The summed E-state index contributed by atoms with van der Waals surface area (Å²) in [7, 11) is 0. The van der Waals surface area contributed by atoms with Gasteiger partial charge in [-0.15, -0.1) is 0 Å². The zero-order chi connectivity index (χ0) is 15.4. The van der Waals surface area contributed by atoms with Crippen LogP contribution in [-0.4, -0.2) is 29.0 Å². The Morgan fingerprint density at radius 3 is 2.50 bits per heavy atom. The van der Waals surface area contributed by atoms with Crippen molar-refractivity contribution in [3.8, 4) is 0 Å². The molecule has 0 bridgehead atoms. The van der Waals surface area contributed by atoms with Gasteiger partial charge < -0.3 is 10.2 Å². The molecule has 1 fully saturated rings. The topological polar surface area (TPSA) is 58.1 Å². The number of aryl methyl sites for hydroxylation is 1. The predicted octanol–water partition coefficient (Wildman–Crippen LogP) is 2.32. The van der Waals surface area contributed by atoms with E-state index < -0.39 is 0 Å². The molecule has 1 saturated heterocycles. The van der Waals surface area contributed by atoms with Crippen molar-refractivity contribution in [3.05, 3.63) is 53.5 Å². The summed E-state index contributed by atoms with van der Waals surface area (Å²) in [6.07, 6.45) is 5.63. The second kappa shape index (κ2) is 6.56. The third-order valence-corrected chi connectivity index (χ3v) is 3.87. The fourth-order valence-electron chi connectivity index (χ4n) is 2.53. The van der Waals surface area contributed by atoms with E-state index in [0.29, 0.717) is 12.2 Å². The average molecular weight is 296 g/mol. The molecular weight excluding hydrogens is 276 g/mol. The molecule has 1 aromatic heterocycles. The molecule has 5 nitrogen and oxygen atoms in total. The molecule has 0 unspecified atom stereocenters. The van der Waals surface area contributed by atoms with Gasteiger partial charge in [-0.3, -0.25) is 4.79 Å². The van der Waals surface area contributed by atoms with Crippen molar-refractivity contribution in [1.82, 2.24) is 15.3 Å². The summed E-state index contributed by atoms with van der Waals surface area (Å²) < 4.78 is 0. The summed E-state index contributed by atoms with van der Waals surface area (Å²) in [4.78, 5) is 22.9. The average Bonchev–Trinajstić information content (AvgIpc) is 3.09. The number of benzene rings is 1. The SMILES string of the molecule is Cc1ccc(CNC(=O)c2cnc(N3CCCC3)cn2)cc1. The van der Waals surface area contributed by atoms with E-state index in [0.717, 1.165) is 24.5 Å². The number of amides is 1. The molecule has 0 aliphatic carbocycles. The van der Waals surface area contributed by atoms with Gasteiger partial charge in [0.15, 0.2) is 0 Å². The van der Waals surface area contributed by atoms with E-state index in [1.165, 1.54) is 18.4 Å². The Bertz CT molecular complexity index is 631. The van der Waals surface area contributed by atoms with Crippen LogP contribution < -0.4 is 10.2 Å². The normalized spacial score (nSPS) is 14.1. The predicted molar refractivity (Wildman–Crippen MR) is 85.8 cm³/mol. The van der Waals surface area contributed by atoms with Gasteiger partial charge in [0.05, 0.1) is 12.4 Å². The number of hydrogen-bond acceptors (Lipinski definition) is 4. The lowest BCUT2D eigenvalue weighted by Gasteiger charge is -2.15. The molecule has 22 heavy (non-hydrogen) atoms. The van der Waals surface area contributed by atoms with Crippen LogP contribution in [0.4, 0.5) is 5.82 Å². The van der Waals surface area contributed by atoms with Crippen LogP contribution in [-0.2, 0) is 6.54 Å². The number of hydrogen-bond donors (Lipinski definition) is 1. The van der Waals surface area contributed by atoms with Crippen LogP contribution in [0.25, 0.3) is 0 Å². The Labute approximate surface area is 130 Å². The Balaban J connectivity index is 1.58. The van der Waals surface area contributed by atoms with Gasteiger partial charge in [0.2, 0.25) is 0 Å². The van der Waals surface area contributed by atoms with E-state index in [-0.39, 0.29) is 5.91 Å². The van der Waals surface area contributed by atoms with Crippen LogP contribution in [0.2, 0.25) is 0 Å². The van der Waals surface area contributed by atoms with E-state index in [2.05, 4.69) is 20.2 Å². The van der Waals surface area contributed by atoms with E-state index in [1.54, 1.807) is 12.4 Å². The fourth-order valence-corrected chi connectivity index (χ4v) is 2.53. The Kier molecular flexibility index (Phi) is 4.32. The van der Waals surface area contributed by atoms with E-state index in [1.807, 2.05) is 31.2 Å². The van der Waals surface area contributed by atoms with E-state index in [4.69, 9.17) is 0 Å². The molecule has 0 saturated carbocycles. The van der Waals surface area contributed by atoms with Crippen molar-refractivity contribution < 1.29 is 4.79 Å². The zero-order valence-electron chi connectivity index (χ0n) is 12.7. The summed E-state index contributed by atoms with van der Waals surface area (Å²) in [6, 6.07) is 8.09. The van der Waals surface area contributed by atoms with Crippen molar-refractivity contribution in [2.24, 2.45) is 0 Å². The lowest BCUT2D eigenvalue weighted by Crippen LogP contribution is -2.25. The minimum atomic E-state index is -0.193. The Morgan fingerprint density at radius 2 is 1.86 bits per heavy atom. The van der Waals surface area contributed by atoms with Crippen LogP contribution in [0.15, 0.2) is 36.7 Å². The largest absolute Gasteiger partial charge is 0.355 e. The smallest absolute Gasteiger partial charge is 0.271 e. The summed E-state index contributed by atoms with van der Waals surface area (Å²) in [5.74, 6) is 0.661. The standard InChI is InChI=1S/C17H20N4O/c1-13-4-6-14(7-5-13)10-20-17(22)15-11-19-16(12-18-15)21-8-2-3-9-21/h4-7,11-12H,2-3,8-10H2,1H3,(H,20,22). The van der Waals surface area contributed by atoms with Gasteiger partial charge in [0.25, 0.3) is 5.91 Å². The van der Waals surface area contributed by atoms with Crippen LogP contribution in [0, 0.1) is 6.92 Å². The second-order valence-electron chi connectivity index (χ2n) is 5.62. The third kappa shape index (κ3) is 3.42. The fraction of sp³-hybridized carbons (Fsp3) is 0.353. The molecule has 0 radical (unpaired) electrons. The highest BCUT2D eigenvalue weighted by Gasteiger charge is 2.15. The maximum absolute atomic E-state index is 12.1. The third-order valence-electron chi connectivity index (χ3n) is 3.87. The highest BCUT2D eigenvalue weighted by Crippen LogP contribution is 2.16. The minimum absolute atomic E-state index is 0.193. The first-order valence-electron chi connectivity index (χ1n) is 7.63. The Morgan fingerprint density at radius 1 is 1.14 bits per heavy atom. The number of aromatic nitrogens is 2. The molecule has 114 valence electrons. The highest BCUT2D eigenvalue weighted by molar-refractivity contribution is 5.91. The number of carbonyl (C=O) groups is 1. The number of nitrogens with one attached hydrogen (secondary N) is 1. The lowest BCUT2D eigenvalue weighted by atomic mass is 10.1. The molecule has 2 aromatic rings. The van der Waals surface area contributed by atoms with Gasteiger partial charge >= 0.3 is 0 Å². The molecule has 2 heterocycles. The molecule has 1 aliphatic rings. The quantitative estimate of drug-likeness (QED) is 0.940. The first kappa shape index (κ1) is 14.5. The monoisotopic (exact) mass is 296 g/mol. The van der Waals surface area contributed by atoms with Crippen molar-refractivity contribution >= 4 is 11.7 Å². The van der Waals surface area contributed by atoms with Gasteiger partial charge in [0.1, 0.15) is 11.5 Å². The van der Waals surface area contributed by atoms with Gasteiger partial charge in [-0.2, -0.15) is 0 Å². The number of rotatable bonds is 4. The number of nitrogens with zero attached hydrogens (tertiary/aromatic N) is 3. The lowest BCUT2D eigenvalue weighted by molar-refractivity contribution is 0.0945. The number of carbonyl (C=O) groups excluding carboxylic acids is 1. The second-order valence-corrected chi connectivity index (χ2v) is 5.62. The zero-order valence-corrected chi connectivity index (χ0v) is 12.7. The van der Waals surface area contributed by atoms with Crippen LogP contribution >= 0.6 is 0 Å². The van der Waals surface area contributed by atoms with E-state index >= 15 is 0 Å². The first-order valence-corrected chi connectivity index (χ1v) is 7.63. The molecule has 3 rings (SSSR count). The molecule has 1 N–H and O–H groups in total. The van der Waals surface area contributed by atoms with Crippen molar-refractivity contribution in [1.29, 1.82) is 0 Å². The van der Waals surface area contributed by atoms with Crippen molar-refractivity contribution in [2.75, 3.05) is 18.0 Å². The molecular formula is C17H20N4O. The molecule has 1 aliphatic heterocycles. The van der Waals surface area contributed by atoms with Crippen LogP contribution in [0.5, 0.6) is 0 Å². The highest BCUT2D eigenvalue weighted by atomic mass is 16.1. The number of anilines is 1. The van der Waals surface area contributed by atoms with Gasteiger partial charge in [-0.05, 0) is 25.3 Å². The first-order chi connectivity index (χ1) is 10.7. The summed E-state index contributed by atoms with van der Waals surface area (Å²) in [5.41, 5.74) is 2.63. The van der Waals surface area contributed by atoms with Crippen molar-refractivity contribution in [3.63, 3.8) is 0 Å². The molecule has 5 heteroatoms. The Hall–Kier alpha value is -2.43. The molecule has 1 aromatic carbocycles. The van der Waals surface area contributed by atoms with Crippen LogP contribution in [0.3, 0.4) is 0 Å². The molecule has 0 spiro atoms.